The summed E-state index contributed by atoms with van der Waals surface area (Å²) in [6.45, 7) is 0.174. The molecule has 1 aliphatic rings. The van der Waals surface area contributed by atoms with Gasteiger partial charge in [0, 0.05) is 13.7 Å². The molecule has 0 aromatic carbocycles. The van der Waals surface area contributed by atoms with E-state index in [-0.39, 0.29) is 23.4 Å². The molecule has 2 rings (SSSR count). The van der Waals surface area contributed by atoms with Crippen molar-refractivity contribution in [3.63, 3.8) is 0 Å². The summed E-state index contributed by atoms with van der Waals surface area (Å²) in [5.74, 6) is 0.276. The maximum absolute atomic E-state index is 13.1. The molecule has 1 aliphatic carbocycles. The number of hydrogen-bond donors (Lipinski definition) is 1. The lowest BCUT2D eigenvalue weighted by Gasteiger charge is -2.27. The second-order valence-electron chi connectivity index (χ2n) is 5.41. The fourth-order valence-electron chi connectivity index (χ4n) is 2.93. The van der Waals surface area contributed by atoms with E-state index in [1.807, 2.05) is 0 Å². The molecule has 7 heteroatoms. The quantitative estimate of drug-likeness (QED) is 0.884. The highest BCUT2D eigenvalue weighted by Gasteiger charge is 2.39. The van der Waals surface area contributed by atoms with Crippen LogP contribution in [0.2, 0.25) is 0 Å². The Balaban J connectivity index is 2.28. The molecule has 1 atom stereocenters. The van der Waals surface area contributed by atoms with Gasteiger partial charge < -0.3 is 10.1 Å². The number of nitrogens with zero attached hydrogens (tertiary/aromatic N) is 1. The first-order chi connectivity index (χ1) is 9.97. The van der Waals surface area contributed by atoms with Crippen molar-refractivity contribution in [3.8, 4) is 0 Å². The first kappa shape index (κ1) is 16.7. The Morgan fingerprint density at radius 3 is 2.52 bits per heavy atom. The van der Waals surface area contributed by atoms with Crippen LogP contribution in [0.4, 0.5) is 13.2 Å². The molecule has 21 heavy (non-hydrogen) atoms. The highest BCUT2D eigenvalue weighted by Crippen LogP contribution is 2.41. The normalized spacial score (nSPS) is 18.9. The van der Waals surface area contributed by atoms with Crippen LogP contribution < -0.4 is 5.32 Å². The summed E-state index contributed by atoms with van der Waals surface area (Å²) in [6, 6.07) is 0. The highest BCUT2D eigenvalue weighted by atomic mass is 32.1. The Kier molecular flexibility index (Phi) is 5.62. The predicted octanol–water partition coefficient (Wildman–Crippen LogP) is 4.15. The van der Waals surface area contributed by atoms with Gasteiger partial charge in [-0.3, -0.25) is 0 Å². The van der Waals surface area contributed by atoms with Crippen LogP contribution in [0.3, 0.4) is 0 Å². The Bertz CT molecular complexity index is 456. The first-order valence-electron chi connectivity index (χ1n) is 7.21. The number of methoxy groups -OCH3 is 1. The van der Waals surface area contributed by atoms with Crippen molar-refractivity contribution >= 4 is 11.3 Å². The first-order valence-corrected chi connectivity index (χ1v) is 8.03. The van der Waals surface area contributed by atoms with E-state index in [0.717, 1.165) is 37.0 Å². The average molecular weight is 322 g/mol. The van der Waals surface area contributed by atoms with Gasteiger partial charge in [0.15, 0.2) is 5.69 Å². The van der Waals surface area contributed by atoms with E-state index in [4.69, 9.17) is 4.74 Å². The van der Waals surface area contributed by atoms with Gasteiger partial charge in [0.05, 0.1) is 4.88 Å². The summed E-state index contributed by atoms with van der Waals surface area (Å²) >= 11 is 1.12. The monoisotopic (exact) mass is 322 g/mol. The molecule has 0 aliphatic heterocycles. The molecule has 1 aromatic rings. The van der Waals surface area contributed by atoms with E-state index in [1.54, 1.807) is 14.2 Å². The number of aromatic nitrogens is 1. The van der Waals surface area contributed by atoms with Crippen LogP contribution in [0, 0.1) is 5.92 Å². The maximum Gasteiger partial charge on any atom is 0.434 e. The van der Waals surface area contributed by atoms with Crippen molar-refractivity contribution in [1.29, 1.82) is 0 Å². The van der Waals surface area contributed by atoms with E-state index in [1.165, 1.54) is 6.42 Å². The minimum absolute atomic E-state index is 0.174. The molecule has 1 aromatic heterocycles. The van der Waals surface area contributed by atoms with Crippen LogP contribution in [0.5, 0.6) is 0 Å². The van der Waals surface area contributed by atoms with Crippen LogP contribution in [0.15, 0.2) is 0 Å². The van der Waals surface area contributed by atoms with Crippen molar-refractivity contribution in [2.45, 2.75) is 50.9 Å². The number of nitrogens with one attached hydrogen (secondary N) is 1. The zero-order chi connectivity index (χ0) is 15.5. The van der Waals surface area contributed by atoms with Crippen LogP contribution in [0.25, 0.3) is 0 Å². The second-order valence-corrected chi connectivity index (χ2v) is 6.52. The molecule has 0 bridgehead atoms. The van der Waals surface area contributed by atoms with Gasteiger partial charge in [-0.15, -0.1) is 11.3 Å². The van der Waals surface area contributed by atoms with Crippen molar-refractivity contribution in [2.24, 2.45) is 5.92 Å². The molecule has 0 spiro atoms. The highest BCUT2D eigenvalue weighted by molar-refractivity contribution is 7.11. The van der Waals surface area contributed by atoms with Gasteiger partial charge in [-0.25, -0.2) is 4.98 Å². The molecular formula is C14H21F3N2OS. The molecule has 0 saturated heterocycles. The largest absolute Gasteiger partial charge is 0.434 e. The van der Waals surface area contributed by atoms with Gasteiger partial charge in [-0.1, -0.05) is 19.3 Å². The van der Waals surface area contributed by atoms with Crippen LogP contribution in [-0.4, -0.2) is 19.1 Å². The fraction of sp³-hybridized carbons (Fsp3) is 0.786. The zero-order valence-corrected chi connectivity index (χ0v) is 13.1. The number of alkyl halides is 3. The van der Waals surface area contributed by atoms with E-state index in [2.05, 4.69) is 10.3 Å². The fourth-order valence-corrected chi connectivity index (χ4v) is 4.19. The third-order valence-corrected chi connectivity index (χ3v) is 5.01. The summed E-state index contributed by atoms with van der Waals surface area (Å²) < 4.78 is 44.7. The van der Waals surface area contributed by atoms with E-state index in [0.29, 0.717) is 5.01 Å². The lowest BCUT2D eigenvalue weighted by molar-refractivity contribution is -0.141. The minimum atomic E-state index is -4.41. The van der Waals surface area contributed by atoms with E-state index < -0.39 is 11.9 Å². The zero-order valence-electron chi connectivity index (χ0n) is 12.3. The molecule has 0 radical (unpaired) electrons. The summed E-state index contributed by atoms with van der Waals surface area (Å²) in [5.41, 5.74) is -0.769. The van der Waals surface area contributed by atoms with Crippen LogP contribution >= 0.6 is 11.3 Å². The van der Waals surface area contributed by atoms with Crippen molar-refractivity contribution in [3.05, 3.63) is 15.6 Å². The van der Waals surface area contributed by atoms with Gasteiger partial charge in [0.25, 0.3) is 0 Å². The van der Waals surface area contributed by atoms with Gasteiger partial charge in [0.1, 0.15) is 11.1 Å². The summed E-state index contributed by atoms with van der Waals surface area (Å²) in [5, 5.41) is 3.24. The van der Waals surface area contributed by atoms with Crippen molar-refractivity contribution in [2.75, 3.05) is 14.2 Å². The average Bonchev–Trinajstić information content (AvgIpc) is 2.85. The smallest absolute Gasteiger partial charge is 0.374 e. The molecule has 1 unspecified atom stereocenters. The van der Waals surface area contributed by atoms with Gasteiger partial charge in [-0.05, 0) is 25.8 Å². The lowest BCUT2D eigenvalue weighted by atomic mass is 9.85. The van der Waals surface area contributed by atoms with E-state index >= 15 is 0 Å². The second kappa shape index (κ2) is 7.07. The van der Waals surface area contributed by atoms with Crippen LogP contribution in [0.1, 0.15) is 53.8 Å². The predicted molar refractivity (Wildman–Crippen MR) is 76.2 cm³/mol. The molecule has 0 amide bonds. The Morgan fingerprint density at radius 2 is 2.00 bits per heavy atom. The number of hydrogen-bond acceptors (Lipinski definition) is 4. The number of rotatable bonds is 5. The maximum atomic E-state index is 13.1. The summed E-state index contributed by atoms with van der Waals surface area (Å²) in [4.78, 5) is 4.11. The molecular weight excluding hydrogens is 301 g/mol. The molecule has 1 saturated carbocycles. The molecule has 3 nitrogen and oxygen atoms in total. The van der Waals surface area contributed by atoms with E-state index in [9.17, 15) is 13.2 Å². The van der Waals surface area contributed by atoms with Crippen LogP contribution in [-0.2, 0) is 17.5 Å². The molecule has 1 N–H and O–H groups in total. The Morgan fingerprint density at radius 1 is 1.33 bits per heavy atom. The lowest BCUT2D eigenvalue weighted by Crippen LogP contribution is -2.18. The number of thiazole rings is 1. The van der Waals surface area contributed by atoms with Crippen molar-refractivity contribution < 1.29 is 17.9 Å². The summed E-state index contributed by atoms with van der Waals surface area (Å²) in [6.07, 6.45) is 0.704. The number of ether oxygens (including phenoxy) is 1. The third kappa shape index (κ3) is 3.96. The van der Waals surface area contributed by atoms with Crippen molar-refractivity contribution in [1.82, 2.24) is 10.3 Å². The Hall–Kier alpha value is -0.660. The molecule has 1 fully saturated rings. The van der Waals surface area contributed by atoms with Gasteiger partial charge in [-0.2, -0.15) is 13.2 Å². The third-order valence-electron chi connectivity index (χ3n) is 3.90. The standard InChI is InChI=1S/C14H21F3N2OS/c1-18-8-10-12(14(15,16)17)19-13(21-10)11(20-2)9-6-4-3-5-7-9/h9,11,18H,3-8H2,1-2H3. The van der Waals surface area contributed by atoms with Gasteiger partial charge in [0.2, 0.25) is 0 Å². The molecule has 1 heterocycles. The number of halogens is 3. The van der Waals surface area contributed by atoms with Gasteiger partial charge >= 0.3 is 6.18 Å². The Labute approximate surface area is 126 Å². The molecule has 120 valence electrons. The minimum Gasteiger partial charge on any atom is -0.374 e. The SMILES string of the molecule is CNCc1sc(C(OC)C2CCCCC2)nc1C(F)(F)F. The topological polar surface area (TPSA) is 34.1 Å². The summed E-state index contributed by atoms with van der Waals surface area (Å²) in [7, 11) is 3.19.